The van der Waals surface area contributed by atoms with Gasteiger partial charge in [0, 0.05) is 5.39 Å². The van der Waals surface area contributed by atoms with Crippen molar-refractivity contribution in [1.82, 2.24) is 9.97 Å². The third-order valence-corrected chi connectivity index (χ3v) is 2.81. The summed E-state index contributed by atoms with van der Waals surface area (Å²) in [6.07, 6.45) is 1.93. The summed E-state index contributed by atoms with van der Waals surface area (Å²) in [6.45, 7) is 3.80. The molecule has 0 fully saturated rings. The number of carbonyl (C=O) groups is 1. The number of aryl methyl sites for hydroxylation is 1. The third kappa shape index (κ3) is 2.40. The quantitative estimate of drug-likeness (QED) is 0.863. The number of aromatic nitrogens is 2. The number of fused-ring (bicyclic) bond motifs is 1. The van der Waals surface area contributed by atoms with E-state index < -0.39 is 12.0 Å². The summed E-state index contributed by atoms with van der Waals surface area (Å²) < 4.78 is 0. The first-order valence-corrected chi connectivity index (χ1v) is 5.82. The number of nitrogens with zero attached hydrogens (tertiary/aromatic N) is 2. The lowest BCUT2D eigenvalue weighted by atomic mass is 10.1. The van der Waals surface area contributed by atoms with Gasteiger partial charge >= 0.3 is 5.97 Å². The maximum atomic E-state index is 11.0. The standard InChI is InChI=1S/C13H15N3O2/c1-3-10(13(17)18)16-12-9-6-8(2)4-5-11(9)14-7-15-12/h4-7,10H,3H2,1-2H3,(H,17,18)(H,14,15,16)/t10-/m0/s1. The largest absolute Gasteiger partial charge is 0.480 e. The predicted molar refractivity (Wildman–Crippen MR) is 69.6 cm³/mol. The number of benzene rings is 1. The molecular formula is C13H15N3O2. The van der Waals surface area contributed by atoms with Crippen LogP contribution in [-0.4, -0.2) is 27.1 Å². The van der Waals surface area contributed by atoms with Gasteiger partial charge in [-0.25, -0.2) is 14.8 Å². The van der Waals surface area contributed by atoms with Crippen LogP contribution in [0.5, 0.6) is 0 Å². The predicted octanol–water partition coefficient (Wildman–Crippen LogP) is 2.21. The average molecular weight is 245 g/mol. The van der Waals surface area contributed by atoms with E-state index >= 15 is 0 Å². The van der Waals surface area contributed by atoms with E-state index in [9.17, 15) is 4.79 Å². The molecule has 1 heterocycles. The second-order valence-corrected chi connectivity index (χ2v) is 4.19. The Morgan fingerprint density at radius 3 is 2.89 bits per heavy atom. The molecule has 0 amide bonds. The number of carboxylic acids is 1. The molecule has 0 unspecified atom stereocenters. The van der Waals surface area contributed by atoms with Crippen LogP contribution in [0.15, 0.2) is 24.5 Å². The molecule has 0 aliphatic carbocycles. The molecule has 18 heavy (non-hydrogen) atoms. The van der Waals surface area contributed by atoms with Crippen molar-refractivity contribution >= 4 is 22.7 Å². The lowest BCUT2D eigenvalue weighted by molar-refractivity contribution is -0.137. The first kappa shape index (κ1) is 12.3. The molecule has 1 atom stereocenters. The average Bonchev–Trinajstić information content (AvgIpc) is 2.35. The van der Waals surface area contributed by atoms with Crippen LogP contribution in [-0.2, 0) is 4.79 Å². The molecule has 0 saturated heterocycles. The molecule has 2 rings (SSSR count). The number of nitrogens with one attached hydrogen (secondary N) is 1. The zero-order valence-corrected chi connectivity index (χ0v) is 10.3. The summed E-state index contributed by atoms with van der Waals surface area (Å²) in [5, 5.41) is 12.8. The van der Waals surface area contributed by atoms with Gasteiger partial charge in [-0.05, 0) is 25.5 Å². The van der Waals surface area contributed by atoms with Crippen LogP contribution in [0.2, 0.25) is 0 Å². The van der Waals surface area contributed by atoms with Crippen molar-refractivity contribution in [3.8, 4) is 0 Å². The molecule has 5 nitrogen and oxygen atoms in total. The molecule has 2 aromatic rings. The fourth-order valence-corrected chi connectivity index (χ4v) is 1.79. The fourth-order valence-electron chi connectivity index (χ4n) is 1.79. The minimum absolute atomic E-state index is 0.493. The summed E-state index contributed by atoms with van der Waals surface area (Å²) in [6, 6.07) is 5.18. The first-order chi connectivity index (χ1) is 8.61. The van der Waals surface area contributed by atoms with Gasteiger partial charge in [-0.2, -0.15) is 0 Å². The van der Waals surface area contributed by atoms with Crippen LogP contribution in [0, 0.1) is 6.92 Å². The molecule has 94 valence electrons. The fraction of sp³-hybridized carbons (Fsp3) is 0.308. The van der Waals surface area contributed by atoms with Gasteiger partial charge in [0.1, 0.15) is 18.2 Å². The second-order valence-electron chi connectivity index (χ2n) is 4.19. The van der Waals surface area contributed by atoms with Crippen LogP contribution in [0.25, 0.3) is 10.9 Å². The van der Waals surface area contributed by atoms with E-state index in [4.69, 9.17) is 5.11 Å². The number of carboxylic acid groups (broad SMARTS) is 1. The Hall–Kier alpha value is -2.17. The second kappa shape index (κ2) is 5.00. The Kier molecular flexibility index (Phi) is 3.41. The van der Waals surface area contributed by atoms with Crippen molar-refractivity contribution < 1.29 is 9.90 Å². The van der Waals surface area contributed by atoms with E-state index in [0.29, 0.717) is 12.2 Å². The zero-order valence-electron chi connectivity index (χ0n) is 10.3. The third-order valence-electron chi connectivity index (χ3n) is 2.81. The Labute approximate surface area is 105 Å². The molecule has 0 radical (unpaired) electrons. The van der Waals surface area contributed by atoms with Gasteiger partial charge in [0.25, 0.3) is 0 Å². The number of hydrogen-bond acceptors (Lipinski definition) is 4. The molecule has 1 aromatic heterocycles. The van der Waals surface area contributed by atoms with Crippen molar-refractivity contribution in [2.45, 2.75) is 26.3 Å². The highest BCUT2D eigenvalue weighted by molar-refractivity contribution is 5.91. The van der Waals surface area contributed by atoms with Gasteiger partial charge in [-0.3, -0.25) is 0 Å². The number of hydrogen-bond donors (Lipinski definition) is 2. The first-order valence-electron chi connectivity index (χ1n) is 5.82. The molecular weight excluding hydrogens is 230 g/mol. The smallest absolute Gasteiger partial charge is 0.326 e. The summed E-state index contributed by atoms with van der Waals surface area (Å²) in [5.74, 6) is -0.310. The summed E-state index contributed by atoms with van der Waals surface area (Å²) in [5.41, 5.74) is 1.89. The maximum Gasteiger partial charge on any atom is 0.326 e. The van der Waals surface area contributed by atoms with E-state index in [0.717, 1.165) is 16.5 Å². The van der Waals surface area contributed by atoms with Gasteiger partial charge in [-0.1, -0.05) is 18.6 Å². The summed E-state index contributed by atoms with van der Waals surface area (Å²) >= 11 is 0. The summed E-state index contributed by atoms with van der Waals surface area (Å²) in [7, 11) is 0. The maximum absolute atomic E-state index is 11.0. The minimum Gasteiger partial charge on any atom is -0.480 e. The monoisotopic (exact) mass is 245 g/mol. The highest BCUT2D eigenvalue weighted by Crippen LogP contribution is 2.21. The van der Waals surface area contributed by atoms with Crippen molar-refractivity contribution in [3.05, 3.63) is 30.1 Å². The van der Waals surface area contributed by atoms with E-state index in [2.05, 4.69) is 15.3 Å². The highest BCUT2D eigenvalue weighted by Gasteiger charge is 2.16. The normalized spacial score (nSPS) is 12.3. The van der Waals surface area contributed by atoms with E-state index in [1.807, 2.05) is 32.0 Å². The molecule has 5 heteroatoms. The van der Waals surface area contributed by atoms with E-state index in [1.165, 1.54) is 6.33 Å². The Bertz CT molecular complexity index is 583. The van der Waals surface area contributed by atoms with Gasteiger partial charge in [-0.15, -0.1) is 0 Å². The minimum atomic E-state index is -0.878. The van der Waals surface area contributed by atoms with E-state index in [1.54, 1.807) is 0 Å². The molecule has 0 saturated carbocycles. The van der Waals surface area contributed by atoms with Gasteiger partial charge in [0.05, 0.1) is 5.52 Å². The van der Waals surface area contributed by atoms with Crippen LogP contribution in [0.1, 0.15) is 18.9 Å². The van der Waals surface area contributed by atoms with Crippen LogP contribution in [0.4, 0.5) is 5.82 Å². The Morgan fingerprint density at radius 1 is 1.44 bits per heavy atom. The summed E-state index contributed by atoms with van der Waals surface area (Å²) in [4.78, 5) is 19.3. The van der Waals surface area contributed by atoms with Gasteiger partial charge in [0.15, 0.2) is 0 Å². The number of aliphatic carboxylic acids is 1. The topological polar surface area (TPSA) is 75.1 Å². The zero-order chi connectivity index (χ0) is 13.1. The van der Waals surface area contributed by atoms with Crippen LogP contribution in [0.3, 0.4) is 0 Å². The van der Waals surface area contributed by atoms with Crippen molar-refractivity contribution in [2.24, 2.45) is 0 Å². The van der Waals surface area contributed by atoms with Crippen LogP contribution < -0.4 is 5.32 Å². The Morgan fingerprint density at radius 2 is 2.22 bits per heavy atom. The number of anilines is 1. The van der Waals surface area contributed by atoms with Crippen molar-refractivity contribution in [2.75, 3.05) is 5.32 Å². The van der Waals surface area contributed by atoms with Crippen molar-refractivity contribution in [3.63, 3.8) is 0 Å². The SMILES string of the molecule is CC[C@H](Nc1ncnc2ccc(C)cc12)C(=O)O. The lowest BCUT2D eigenvalue weighted by Crippen LogP contribution is -2.28. The van der Waals surface area contributed by atoms with E-state index in [-0.39, 0.29) is 0 Å². The Balaban J connectivity index is 2.44. The van der Waals surface area contributed by atoms with Gasteiger partial charge < -0.3 is 10.4 Å². The molecule has 1 aromatic carbocycles. The van der Waals surface area contributed by atoms with Crippen molar-refractivity contribution in [1.29, 1.82) is 0 Å². The molecule has 2 N–H and O–H groups in total. The molecule has 0 aliphatic heterocycles. The number of rotatable bonds is 4. The lowest BCUT2D eigenvalue weighted by Gasteiger charge is -2.14. The van der Waals surface area contributed by atoms with Gasteiger partial charge in [0.2, 0.25) is 0 Å². The molecule has 0 spiro atoms. The van der Waals surface area contributed by atoms with Crippen LogP contribution >= 0.6 is 0 Å². The molecule has 0 bridgehead atoms. The molecule has 0 aliphatic rings. The highest BCUT2D eigenvalue weighted by atomic mass is 16.4.